The van der Waals surface area contributed by atoms with E-state index in [0.717, 1.165) is 17.8 Å². The number of rotatable bonds is 2. The Balaban J connectivity index is 2.02. The van der Waals surface area contributed by atoms with Crippen LogP contribution in [0, 0.1) is 23.2 Å². The smallest absolute Gasteiger partial charge is 0.0190 e. The number of hydrogen-bond acceptors (Lipinski definition) is 1. The van der Waals surface area contributed by atoms with Crippen molar-refractivity contribution in [3.63, 3.8) is 0 Å². The van der Waals surface area contributed by atoms with E-state index in [4.69, 9.17) is 5.73 Å². The van der Waals surface area contributed by atoms with Crippen molar-refractivity contribution in [1.82, 2.24) is 0 Å². The van der Waals surface area contributed by atoms with Gasteiger partial charge in [-0.3, -0.25) is 0 Å². The minimum absolute atomic E-state index is 0.139. The molecule has 2 aliphatic rings. The Morgan fingerprint density at radius 1 is 1.06 bits per heavy atom. The second kappa shape index (κ2) is 5.15. The van der Waals surface area contributed by atoms with E-state index in [1.54, 1.807) is 0 Å². The highest BCUT2D eigenvalue weighted by molar-refractivity contribution is 5.01. The molecule has 0 bridgehead atoms. The molecule has 0 aromatic rings. The van der Waals surface area contributed by atoms with Crippen LogP contribution in [-0.2, 0) is 0 Å². The van der Waals surface area contributed by atoms with Gasteiger partial charge in [-0.15, -0.1) is 0 Å². The second-order valence-electron chi connectivity index (χ2n) is 8.21. The van der Waals surface area contributed by atoms with Crippen LogP contribution in [0.4, 0.5) is 0 Å². The van der Waals surface area contributed by atoms with Crippen LogP contribution < -0.4 is 5.73 Å². The maximum Gasteiger partial charge on any atom is 0.0190 e. The molecule has 0 saturated heterocycles. The van der Waals surface area contributed by atoms with Gasteiger partial charge in [-0.25, -0.2) is 0 Å². The van der Waals surface area contributed by atoms with Crippen LogP contribution in [0.2, 0.25) is 0 Å². The molecule has 18 heavy (non-hydrogen) atoms. The molecule has 0 radical (unpaired) electrons. The first-order valence-corrected chi connectivity index (χ1v) is 8.13. The fraction of sp³-hybridized carbons (Fsp3) is 1.00. The zero-order chi connectivity index (χ0) is 13.4. The third kappa shape index (κ3) is 3.10. The van der Waals surface area contributed by atoms with Gasteiger partial charge in [-0.05, 0) is 55.3 Å². The lowest BCUT2D eigenvalue weighted by Gasteiger charge is -2.51. The van der Waals surface area contributed by atoms with Gasteiger partial charge in [0, 0.05) is 5.54 Å². The molecule has 2 fully saturated rings. The Morgan fingerprint density at radius 2 is 1.67 bits per heavy atom. The third-order valence-electron chi connectivity index (χ3n) is 5.67. The van der Waals surface area contributed by atoms with Gasteiger partial charge in [-0.1, -0.05) is 47.0 Å². The van der Waals surface area contributed by atoms with E-state index >= 15 is 0 Å². The molecule has 1 heteroatoms. The lowest BCUT2D eigenvalue weighted by atomic mass is 9.58. The van der Waals surface area contributed by atoms with Gasteiger partial charge in [0.25, 0.3) is 0 Å². The van der Waals surface area contributed by atoms with Crippen molar-refractivity contribution in [2.45, 2.75) is 84.6 Å². The Kier molecular flexibility index (Phi) is 4.11. The van der Waals surface area contributed by atoms with Crippen LogP contribution in [0.5, 0.6) is 0 Å². The Hall–Kier alpha value is -0.0400. The number of hydrogen-bond donors (Lipinski definition) is 1. The molecule has 0 aromatic carbocycles. The first-order chi connectivity index (χ1) is 8.35. The van der Waals surface area contributed by atoms with E-state index in [-0.39, 0.29) is 5.54 Å². The molecule has 2 rings (SSSR count). The minimum atomic E-state index is 0.139. The van der Waals surface area contributed by atoms with Gasteiger partial charge in [0.15, 0.2) is 0 Å². The average molecular weight is 251 g/mol. The zero-order valence-corrected chi connectivity index (χ0v) is 13.0. The molecule has 0 aliphatic heterocycles. The highest BCUT2D eigenvalue weighted by atomic mass is 14.8. The van der Waals surface area contributed by atoms with Crippen molar-refractivity contribution < 1.29 is 0 Å². The van der Waals surface area contributed by atoms with Crippen LogP contribution in [0.3, 0.4) is 0 Å². The third-order valence-corrected chi connectivity index (χ3v) is 5.67. The molecule has 106 valence electrons. The fourth-order valence-corrected chi connectivity index (χ4v) is 5.16. The Labute approximate surface area is 114 Å². The summed E-state index contributed by atoms with van der Waals surface area (Å²) in [7, 11) is 0. The molecule has 1 nitrogen and oxygen atoms in total. The van der Waals surface area contributed by atoms with E-state index in [9.17, 15) is 0 Å². The Bertz CT molecular complexity index is 275. The first kappa shape index (κ1) is 14.4. The van der Waals surface area contributed by atoms with Gasteiger partial charge in [0.2, 0.25) is 0 Å². The van der Waals surface area contributed by atoms with Crippen molar-refractivity contribution in [2.75, 3.05) is 0 Å². The molecule has 0 amide bonds. The molecular formula is C17H33N. The normalized spacial score (nSPS) is 44.8. The summed E-state index contributed by atoms with van der Waals surface area (Å²) in [5.74, 6) is 2.59. The molecular weight excluding hydrogens is 218 g/mol. The molecule has 2 saturated carbocycles. The average Bonchev–Trinajstić information content (AvgIpc) is 2.26. The highest BCUT2D eigenvalue weighted by Crippen LogP contribution is 2.49. The van der Waals surface area contributed by atoms with Crippen molar-refractivity contribution in [3.05, 3.63) is 0 Å². The molecule has 0 heterocycles. The molecule has 0 spiro atoms. The van der Waals surface area contributed by atoms with Crippen LogP contribution in [0.25, 0.3) is 0 Å². The van der Waals surface area contributed by atoms with Crippen LogP contribution in [0.15, 0.2) is 0 Å². The van der Waals surface area contributed by atoms with Crippen LogP contribution in [-0.4, -0.2) is 5.54 Å². The summed E-state index contributed by atoms with van der Waals surface area (Å²) in [6.45, 7) is 9.58. The summed E-state index contributed by atoms with van der Waals surface area (Å²) in [6.07, 6.45) is 10.9. The zero-order valence-electron chi connectivity index (χ0n) is 13.0. The van der Waals surface area contributed by atoms with E-state index < -0.39 is 0 Å². The predicted molar refractivity (Wildman–Crippen MR) is 79.5 cm³/mol. The van der Waals surface area contributed by atoms with Crippen molar-refractivity contribution in [3.8, 4) is 0 Å². The lowest BCUT2D eigenvalue weighted by Crippen LogP contribution is -2.55. The van der Waals surface area contributed by atoms with E-state index in [2.05, 4.69) is 27.7 Å². The lowest BCUT2D eigenvalue weighted by molar-refractivity contribution is 0.0447. The molecule has 2 unspecified atom stereocenters. The first-order valence-electron chi connectivity index (χ1n) is 8.13. The second-order valence-corrected chi connectivity index (χ2v) is 8.21. The molecule has 2 atom stereocenters. The maximum atomic E-state index is 6.89. The van der Waals surface area contributed by atoms with Crippen molar-refractivity contribution in [2.24, 2.45) is 28.9 Å². The minimum Gasteiger partial charge on any atom is -0.325 e. The molecule has 0 aromatic heterocycles. The summed E-state index contributed by atoms with van der Waals surface area (Å²) in [6, 6.07) is 0. The monoisotopic (exact) mass is 251 g/mol. The van der Waals surface area contributed by atoms with Gasteiger partial charge < -0.3 is 5.73 Å². The standard InChI is InChI=1S/C17H33N/c1-5-14-6-8-15(9-7-14)17(18)11-13(2)10-16(3,4)12-17/h13-15H,5-12,18H2,1-4H3. The summed E-state index contributed by atoms with van der Waals surface area (Å²) < 4.78 is 0. The van der Waals surface area contributed by atoms with Crippen LogP contribution >= 0.6 is 0 Å². The summed E-state index contributed by atoms with van der Waals surface area (Å²) >= 11 is 0. The summed E-state index contributed by atoms with van der Waals surface area (Å²) in [4.78, 5) is 0. The van der Waals surface area contributed by atoms with Crippen molar-refractivity contribution in [1.29, 1.82) is 0 Å². The van der Waals surface area contributed by atoms with Crippen molar-refractivity contribution >= 4 is 0 Å². The fourth-order valence-electron chi connectivity index (χ4n) is 5.16. The van der Waals surface area contributed by atoms with Gasteiger partial charge in [-0.2, -0.15) is 0 Å². The number of nitrogens with two attached hydrogens (primary N) is 1. The van der Waals surface area contributed by atoms with Gasteiger partial charge >= 0.3 is 0 Å². The summed E-state index contributed by atoms with van der Waals surface area (Å²) in [5.41, 5.74) is 7.48. The highest BCUT2D eigenvalue weighted by Gasteiger charge is 2.45. The van der Waals surface area contributed by atoms with E-state index in [1.165, 1.54) is 51.4 Å². The van der Waals surface area contributed by atoms with Gasteiger partial charge in [0.1, 0.15) is 0 Å². The largest absolute Gasteiger partial charge is 0.325 e. The van der Waals surface area contributed by atoms with E-state index in [0.29, 0.717) is 5.41 Å². The predicted octanol–water partition coefficient (Wildman–Crippen LogP) is 4.75. The van der Waals surface area contributed by atoms with Gasteiger partial charge in [0.05, 0.1) is 0 Å². The maximum absolute atomic E-state index is 6.89. The van der Waals surface area contributed by atoms with Crippen LogP contribution in [0.1, 0.15) is 79.1 Å². The SMILES string of the molecule is CCC1CCC(C2(N)CC(C)CC(C)(C)C2)CC1. The molecule has 2 aliphatic carbocycles. The summed E-state index contributed by atoms with van der Waals surface area (Å²) in [5, 5.41) is 0. The topological polar surface area (TPSA) is 26.0 Å². The quantitative estimate of drug-likeness (QED) is 0.753. The molecule has 2 N–H and O–H groups in total. The Morgan fingerprint density at radius 3 is 2.17 bits per heavy atom. The van der Waals surface area contributed by atoms with E-state index in [1.807, 2.05) is 0 Å².